The maximum atomic E-state index is 12.2. The van der Waals surface area contributed by atoms with Crippen LogP contribution in [0.15, 0.2) is 54.6 Å². The van der Waals surface area contributed by atoms with Crippen LogP contribution in [-0.2, 0) is 17.8 Å². The molecule has 0 aliphatic rings. The van der Waals surface area contributed by atoms with E-state index < -0.39 is 11.6 Å². The molecule has 1 aromatic heterocycles. The van der Waals surface area contributed by atoms with E-state index in [1.807, 2.05) is 24.3 Å². The van der Waals surface area contributed by atoms with Crippen LogP contribution < -0.4 is 10.4 Å². The SMILES string of the molecule is Cc1c(CC(=O)O)c(=O)oc2c(Br)c(OCc3cccc(Br)c3)ccc12. The molecule has 0 unspecified atom stereocenters. The summed E-state index contributed by atoms with van der Waals surface area (Å²) < 4.78 is 12.7. The maximum absolute atomic E-state index is 12.2. The number of carboxylic acids is 1. The third kappa shape index (κ3) is 3.83. The van der Waals surface area contributed by atoms with E-state index in [0.29, 0.717) is 33.4 Å². The number of benzene rings is 2. The zero-order valence-corrected chi connectivity index (χ0v) is 16.9. The van der Waals surface area contributed by atoms with Gasteiger partial charge in [0.25, 0.3) is 0 Å². The van der Waals surface area contributed by atoms with Crippen LogP contribution in [0.4, 0.5) is 0 Å². The Morgan fingerprint density at radius 3 is 2.69 bits per heavy atom. The predicted octanol–water partition coefficient (Wildman–Crippen LogP) is 4.83. The first kappa shape index (κ1) is 18.7. The molecule has 0 saturated carbocycles. The Hall–Kier alpha value is -2.12. The molecule has 0 bridgehead atoms. The third-order valence-corrected chi connectivity index (χ3v) is 5.22. The second-order valence-corrected chi connectivity index (χ2v) is 7.45. The molecular formula is C19H14Br2O5. The van der Waals surface area contributed by atoms with E-state index in [2.05, 4.69) is 31.9 Å². The molecule has 26 heavy (non-hydrogen) atoms. The minimum Gasteiger partial charge on any atom is -0.488 e. The highest BCUT2D eigenvalue weighted by Crippen LogP contribution is 2.35. The van der Waals surface area contributed by atoms with Gasteiger partial charge in [0.2, 0.25) is 0 Å². The van der Waals surface area contributed by atoms with Crippen molar-refractivity contribution in [2.24, 2.45) is 0 Å². The van der Waals surface area contributed by atoms with Crippen molar-refractivity contribution < 1.29 is 19.1 Å². The number of fused-ring (bicyclic) bond motifs is 1. The zero-order chi connectivity index (χ0) is 18.8. The molecular weight excluding hydrogens is 468 g/mol. The standard InChI is InChI=1S/C19H14Br2O5/c1-10-13-5-6-15(25-9-11-3-2-4-12(20)7-11)17(21)18(13)26-19(24)14(10)8-16(22)23/h2-7H,8-9H2,1H3,(H,22,23). The first-order valence-electron chi connectivity index (χ1n) is 7.70. The molecule has 1 heterocycles. The number of carboxylic acid groups (broad SMARTS) is 1. The van der Waals surface area contributed by atoms with Crippen LogP contribution >= 0.6 is 31.9 Å². The summed E-state index contributed by atoms with van der Waals surface area (Å²) in [5, 5.41) is 9.64. The molecule has 5 nitrogen and oxygen atoms in total. The second kappa shape index (κ2) is 7.63. The van der Waals surface area contributed by atoms with Gasteiger partial charge in [-0.1, -0.05) is 28.1 Å². The van der Waals surface area contributed by atoms with Gasteiger partial charge in [-0.25, -0.2) is 4.79 Å². The topological polar surface area (TPSA) is 76.7 Å². The van der Waals surface area contributed by atoms with Crippen LogP contribution in [0.3, 0.4) is 0 Å². The van der Waals surface area contributed by atoms with Crippen LogP contribution in [0.2, 0.25) is 0 Å². The van der Waals surface area contributed by atoms with Crippen molar-refractivity contribution in [1.29, 1.82) is 0 Å². The zero-order valence-electron chi connectivity index (χ0n) is 13.7. The summed E-state index contributed by atoms with van der Waals surface area (Å²) in [6.45, 7) is 2.07. The molecule has 2 aromatic carbocycles. The Morgan fingerprint density at radius 2 is 2.00 bits per heavy atom. The largest absolute Gasteiger partial charge is 0.488 e. The molecule has 3 aromatic rings. The summed E-state index contributed by atoms with van der Waals surface area (Å²) in [7, 11) is 0. The van der Waals surface area contributed by atoms with E-state index in [-0.39, 0.29) is 12.0 Å². The Labute approximate surface area is 165 Å². The average molecular weight is 482 g/mol. The van der Waals surface area contributed by atoms with E-state index in [1.165, 1.54) is 0 Å². The number of hydrogen-bond donors (Lipinski definition) is 1. The van der Waals surface area contributed by atoms with Gasteiger partial charge in [0.05, 0.1) is 12.0 Å². The van der Waals surface area contributed by atoms with Gasteiger partial charge in [-0.2, -0.15) is 0 Å². The van der Waals surface area contributed by atoms with Crippen molar-refractivity contribution in [1.82, 2.24) is 0 Å². The minimum atomic E-state index is -1.08. The minimum absolute atomic E-state index is 0.153. The highest BCUT2D eigenvalue weighted by atomic mass is 79.9. The van der Waals surface area contributed by atoms with Gasteiger partial charge in [-0.15, -0.1) is 0 Å². The molecule has 0 fully saturated rings. The van der Waals surface area contributed by atoms with Crippen molar-refractivity contribution in [3.8, 4) is 5.75 Å². The normalized spacial score (nSPS) is 10.9. The fourth-order valence-electron chi connectivity index (χ4n) is 2.66. The van der Waals surface area contributed by atoms with Gasteiger partial charge in [0, 0.05) is 9.86 Å². The molecule has 7 heteroatoms. The molecule has 0 spiro atoms. The molecule has 0 saturated heterocycles. The summed E-state index contributed by atoms with van der Waals surface area (Å²) in [6.07, 6.45) is -0.372. The van der Waals surface area contributed by atoms with Crippen molar-refractivity contribution in [2.45, 2.75) is 20.0 Å². The van der Waals surface area contributed by atoms with Crippen LogP contribution in [0.25, 0.3) is 11.0 Å². The number of hydrogen-bond acceptors (Lipinski definition) is 4. The highest BCUT2D eigenvalue weighted by molar-refractivity contribution is 9.11. The molecule has 134 valence electrons. The second-order valence-electron chi connectivity index (χ2n) is 5.74. The van der Waals surface area contributed by atoms with Gasteiger partial charge in [0.15, 0.2) is 5.58 Å². The summed E-state index contributed by atoms with van der Waals surface area (Å²) in [6, 6.07) is 11.3. The Balaban J connectivity index is 1.98. The first-order valence-corrected chi connectivity index (χ1v) is 9.29. The van der Waals surface area contributed by atoms with Gasteiger partial charge in [0.1, 0.15) is 16.8 Å². The molecule has 1 N–H and O–H groups in total. The Kier molecular flexibility index (Phi) is 5.48. The van der Waals surface area contributed by atoms with Crippen LogP contribution in [0.5, 0.6) is 5.75 Å². The Morgan fingerprint density at radius 1 is 1.23 bits per heavy atom. The first-order chi connectivity index (χ1) is 12.4. The quantitative estimate of drug-likeness (QED) is 0.528. The lowest BCUT2D eigenvalue weighted by molar-refractivity contribution is -0.136. The number of rotatable bonds is 5. The fraction of sp³-hybridized carbons (Fsp3) is 0.158. The van der Waals surface area contributed by atoms with Crippen LogP contribution in [0.1, 0.15) is 16.7 Å². The van der Waals surface area contributed by atoms with Gasteiger partial charge in [-0.3, -0.25) is 4.79 Å². The third-order valence-electron chi connectivity index (χ3n) is 3.97. The van der Waals surface area contributed by atoms with E-state index in [0.717, 1.165) is 10.0 Å². The van der Waals surface area contributed by atoms with Gasteiger partial charge >= 0.3 is 11.6 Å². The monoisotopic (exact) mass is 480 g/mol. The molecule has 0 aliphatic carbocycles. The van der Waals surface area contributed by atoms with Gasteiger partial charge < -0.3 is 14.3 Å². The molecule has 3 rings (SSSR count). The lowest BCUT2D eigenvalue weighted by Crippen LogP contribution is -2.15. The summed E-state index contributed by atoms with van der Waals surface area (Å²) in [4.78, 5) is 23.1. The average Bonchev–Trinajstić information content (AvgIpc) is 2.58. The number of aryl methyl sites for hydroxylation is 1. The van der Waals surface area contributed by atoms with Crippen molar-refractivity contribution in [3.05, 3.63) is 72.5 Å². The number of halogens is 2. The lowest BCUT2D eigenvalue weighted by atomic mass is 10.0. The van der Waals surface area contributed by atoms with Gasteiger partial charge in [-0.05, 0) is 58.2 Å². The van der Waals surface area contributed by atoms with Crippen LogP contribution in [-0.4, -0.2) is 11.1 Å². The molecule has 0 aliphatic heterocycles. The number of carbonyl (C=O) groups is 1. The predicted molar refractivity (Wildman–Crippen MR) is 105 cm³/mol. The highest BCUT2D eigenvalue weighted by Gasteiger charge is 2.17. The summed E-state index contributed by atoms with van der Waals surface area (Å²) in [5.41, 5.74) is 1.43. The molecule has 0 radical (unpaired) electrons. The van der Waals surface area contributed by atoms with E-state index in [1.54, 1.807) is 19.1 Å². The van der Waals surface area contributed by atoms with Crippen molar-refractivity contribution >= 4 is 48.8 Å². The van der Waals surface area contributed by atoms with E-state index >= 15 is 0 Å². The van der Waals surface area contributed by atoms with E-state index in [4.69, 9.17) is 14.3 Å². The summed E-state index contributed by atoms with van der Waals surface area (Å²) in [5.74, 6) is -0.543. The molecule has 0 atom stereocenters. The van der Waals surface area contributed by atoms with Crippen molar-refractivity contribution in [3.63, 3.8) is 0 Å². The maximum Gasteiger partial charge on any atom is 0.340 e. The number of aliphatic carboxylic acids is 1. The number of ether oxygens (including phenoxy) is 1. The van der Waals surface area contributed by atoms with E-state index in [9.17, 15) is 9.59 Å². The lowest BCUT2D eigenvalue weighted by Gasteiger charge is -2.12. The Bertz CT molecular complexity index is 1060. The summed E-state index contributed by atoms with van der Waals surface area (Å²) >= 11 is 6.85. The smallest absolute Gasteiger partial charge is 0.340 e. The van der Waals surface area contributed by atoms with Crippen LogP contribution in [0, 0.1) is 6.92 Å². The molecule has 0 amide bonds. The van der Waals surface area contributed by atoms with Crippen molar-refractivity contribution in [2.75, 3.05) is 0 Å². The fourth-order valence-corrected chi connectivity index (χ4v) is 3.65.